The zero-order valence-electron chi connectivity index (χ0n) is 67.8. The van der Waals surface area contributed by atoms with Crippen LogP contribution in [0.2, 0.25) is 18.7 Å². The zero-order chi connectivity index (χ0) is 80.7. The van der Waals surface area contributed by atoms with Crippen LogP contribution in [0, 0.1) is 66.1 Å². The lowest BCUT2D eigenvalue weighted by molar-refractivity contribution is -0.102. The molecule has 15 aliphatic heterocycles. The molecule has 622 valence electrons. The van der Waals surface area contributed by atoms with Crippen molar-refractivity contribution < 1.29 is 29.8 Å². The second-order valence-corrected chi connectivity index (χ2v) is 40.1. The van der Waals surface area contributed by atoms with Crippen molar-refractivity contribution in [1.29, 1.82) is 0 Å². The summed E-state index contributed by atoms with van der Waals surface area (Å²) in [7, 11) is 0. The Kier molecular flexibility index (Phi) is 27.3. The number of halogens is 4. The number of thiophene rings is 2. The average molecular weight is 1690 g/mol. The molecule has 2 aromatic heterocycles. The molecule has 7 unspecified atom stereocenters. The maximum absolute atomic E-state index is 12.0. The van der Waals surface area contributed by atoms with Crippen LogP contribution in [0.4, 0.5) is 0 Å². The summed E-state index contributed by atoms with van der Waals surface area (Å²) in [6.45, 7) is 19.0. The Bertz CT molecular complexity index is 4690. The summed E-state index contributed by atoms with van der Waals surface area (Å²) < 4.78 is 1.44. The minimum atomic E-state index is -1.07. The van der Waals surface area contributed by atoms with Crippen molar-refractivity contribution in [3.05, 3.63) is 327 Å². The number of hydrogen-bond acceptors (Lipinski definition) is 12. The fourth-order valence-electron chi connectivity index (χ4n) is 22.7. The Hall–Kier alpha value is -6.08. The van der Waals surface area contributed by atoms with Gasteiger partial charge in [0, 0.05) is 112 Å². The molecule has 0 aliphatic carbocycles. The highest BCUT2D eigenvalue weighted by atomic mass is 35.5. The minimum absolute atomic E-state index is 0. The summed E-state index contributed by atoms with van der Waals surface area (Å²) in [6.07, 6.45) is 15.0. The van der Waals surface area contributed by atoms with E-state index in [1.165, 1.54) is 141 Å². The molecule has 117 heavy (non-hydrogen) atoms. The van der Waals surface area contributed by atoms with Crippen LogP contribution in [-0.4, -0.2) is 154 Å². The summed E-state index contributed by atoms with van der Waals surface area (Å²) in [6, 6.07) is 83.6. The number of aryl methyl sites for hydroxylation is 1. The second-order valence-electron chi connectivity index (χ2n) is 35.8. The van der Waals surface area contributed by atoms with Crippen molar-refractivity contribution in [2.45, 2.75) is 125 Å². The maximum Gasteiger partial charge on any atom is 0.137 e. The standard InChI is InChI=1S/2C22H27NO.C21H25NO.C20H21Cl2NO.C16H17Cl2NOS2.3H2/c1-17-7-5-6-10-20(17)22(24,15-18-8-3-2-4-9-18)21-16-23-13-11-19(21)12-14-23;24-22(15-18-7-3-1-4-8-18,16-19-9-5-2-6-10-19)21-17-23-13-11-20(21)12-14-23;23-21(19-9-5-2-6-10-19,15-17-7-3-1-4-8-17)20-16-22-13-11-18(20)12-14-22;21-17-5-1-3-15(11-17)20(24,16-4-2-6-18(22)12-16)19-13-23-9-7-14(19)8-10-23;17-14-3-1-12(21-14)16(20,13-2-4-15(18)22-13)11-9-19-7-5-10(11)6-8-19;;;/h2-10,19,21,24H,11-16H2,1H3;1-10,20-21,24H,11-17H2;1-10,18,20,23H,11-16H2;1-6,11-12,14,19,24H,7-10,13H2;1-4,10-11,20H,5-9H2;3*1H. The topological polar surface area (TPSA) is 117 Å². The van der Waals surface area contributed by atoms with E-state index in [0.717, 1.165) is 125 Å². The lowest BCUT2D eigenvalue weighted by Crippen LogP contribution is -2.57. The molecular formula is C101H123Cl4N5O5S2. The summed E-state index contributed by atoms with van der Waals surface area (Å²) in [4.78, 5) is 14.4. The van der Waals surface area contributed by atoms with Crippen LogP contribution in [-0.2, 0) is 48.1 Å². The monoisotopic (exact) mass is 1690 g/mol. The fraction of sp³-hybridized carbons (Fsp3) is 0.446. The van der Waals surface area contributed by atoms with Crippen molar-refractivity contribution in [1.82, 2.24) is 24.5 Å². The third kappa shape index (κ3) is 19.1. The number of rotatable bonds is 19. The molecule has 10 nitrogen and oxygen atoms in total. The molecule has 0 saturated carbocycles. The summed E-state index contributed by atoms with van der Waals surface area (Å²) in [5.74, 6) is 4.44. The molecule has 10 aromatic rings. The van der Waals surface area contributed by atoms with Gasteiger partial charge in [0.2, 0.25) is 0 Å². The smallest absolute Gasteiger partial charge is 0.137 e. The van der Waals surface area contributed by atoms with E-state index in [4.69, 9.17) is 46.4 Å². The predicted octanol–water partition coefficient (Wildman–Crippen LogP) is 20.8. The summed E-state index contributed by atoms with van der Waals surface area (Å²) >= 11 is 27.7. The molecule has 5 N–H and O–H groups in total. The second kappa shape index (κ2) is 37.7. The van der Waals surface area contributed by atoms with Crippen molar-refractivity contribution in [3.63, 3.8) is 0 Å². The van der Waals surface area contributed by atoms with Gasteiger partial charge in [0.1, 0.15) is 11.2 Å². The molecule has 16 heteroatoms. The molecule has 15 saturated heterocycles. The number of hydrogen-bond donors (Lipinski definition) is 5. The van der Waals surface area contributed by atoms with E-state index in [0.29, 0.717) is 70.2 Å². The van der Waals surface area contributed by atoms with Gasteiger partial charge < -0.3 is 50.0 Å². The Morgan fingerprint density at radius 2 is 0.607 bits per heavy atom. The predicted molar refractivity (Wildman–Crippen MR) is 488 cm³/mol. The highest BCUT2D eigenvalue weighted by Gasteiger charge is 2.54. The molecule has 8 aromatic carbocycles. The number of aliphatic hydroxyl groups is 5. The van der Waals surface area contributed by atoms with Crippen molar-refractivity contribution in [2.75, 3.05) is 98.2 Å². The van der Waals surface area contributed by atoms with Gasteiger partial charge >= 0.3 is 0 Å². The van der Waals surface area contributed by atoms with Crippen LogP contribution in [0.3, 0.4) is 0 Å². The summed E-state index contributed by atoms with van der Waals surface area (Å²) in [5.41, 5.74) is 5.78. The van der Waals surface area contributed by atoms with Gasteiger partial charge in [-0.05, 0) is 265 Å². The van der Waals surface area contributed by atoms with Crippen LogP contribution in [0.15, 0.2) is 249 Å². The van der Waals surface area contributed by atoms with Crippen LogP contribution in [0.5, 0.6) is 0 Å². The molecule has 0 spiro atoms. The molecule has 10 bridgehead atoms. The molecule has 7 atom stereocenters. The summed E-state index contributed by atoms with van der Waals surface area (Å²) in [5, 5.41) is 60.8. The van der Waals surface area contributed by atoms with Gasteiger partial charge in [0.05, 0.1) is 25.5 Å². The molecule has 0 radical (unpaired) electrons. The first-order valence-corrected chi connectivity index (χ1v) is 46.5. The Morgan fingerprint density at radius 3 is 0.940 bits per heavy atom. The van der Waals surface area contributed by atoms with Crippen LogP contribution < -0.4 is 0 Å². The third-order valence-corrected chi connectivity index (χ3v) is 32.1. The van der Waals surface area contributed by atoms with Gasteiger partial charge in [0.25, 0.3) is 0 Å². The van der Waals surface area contributed by atoms with E-state index in [9.17, 15) is 25.5 Å². The Balaban J connectivity index is 0.000000129. The van der Waals surface area contributed by atoms with Gasteiger partial charge in [0.15, 0.2) is 0 Å². The van der Waals surface area contributed by atoms with E-state index in [2.05, 4.69) is 165 Å². The van der Waals surface area contributed by atoms with E-state index in [1.807, 2.05) is 115 Å². The first-order valence-electron chi connectivity index (χ1n) is 43.3. The van der Waals surface area contributed by atoms with Gasteiger partial charge in [-0.3, -0.25) is 0 Å². The SMILES string of the molecule is Cc1ccccc1C(O)(Cc1ccccc1)C1CN2CCC1CC2.OC(Cc1ccccc1)(Cc1ccccc1)C1CN2CCC1CC2.OC(Cc1ccccc1)(c1ccccc1)C1CN2CCC1CC2.OC(c1ccc(Cl)s1)(c1ccc(Cl)s1)C1CN2CCC1CC2.OC(c1cccc(Cl)c1)(c1cccc(Cl)c1)C1CN2CCC1CC2.[HH].[HH].[HH]. The van der Waals surface area contributed by atoms with Gasteiger partial charge in [-0.25, -0.2) is 0 Å². The van der Waals surface area contributed by atoms with E-state index >= 15 is 0 Å². The highest BCUT2D eigenvalue weighted by molar-refractivity contribution is 7.18. The van der Waals surface area contributed by atoms with E-state index < -0.39 is 28.0 Å². The molecule has 17 heterocycles. The molecule has 25 rings (SSSR count). The number of fused-ring (bicyclic) bond motifs is 15. The van der Waals surface area contributed by atoms with Crippen LogP contribution >= 0.6 is 69.1 Å². The van der Waals surface area contributed by atoms with Crippen molar-refractivity contribution in [2.24, 2.45) is 59.2 Å². The first kappa shape index (κ1) is 84.5. The lowest BCUT2D eigenvalue weighted by atomic mass is 9.65. The van der Waals surface area contributed by atoms with Gasteiger partial charge in [-0.15, -0.1) is 22.7 Å². The normalized spacial score (nSPS) is 27.8. The third-order valence-electron chi connectivity index (χ3n) is 28.9. The van der Waals surface area contributed by atoms with Crippen LogP contribution in [0.1, 0.15) is 128 Å². The highest BCUT2D eigenvalue weighted by Crippen LogP contribution is 2.54. The largest absolute Gasteiger partial charge is 0.389 e. The first-order chi connectivity index (χ1) is 56.8. The Labute approximate surface area is 727 Å². The van der Waals surface area contributed by atoms with Crippen LogP contribution in [0.25, 0.3) is 0 Å². The Morgan fingerprint density at radius 1 is 0.308 bits per heavy atom. The molecular weight excluding hydrogens is 1570 g/mol. The zero-order valence-corrected chi connectivity index (χ0v) is 72.4. The van der Waals surface area contributed by atoms with Crippen molar-refractivity contribution >= 4 is 69.1 Å². The number of nitrogens with zero attached hydrogens (tertiary/aromatic N) is 5. The minimum Gasteiger partial charge on any atom is -0.389 e. The lowest BCUT2D eigenvalue weighted by Gasteiger charge is -2.51. The molecule has 15 aliphatic rings. The van der Waals surface area contributed by atoms with Crippen molar-refractivity contribution in [3.8, 4) is 0 Å². The number of piperidine rings is 15. The fourth-order valence-corrected chi connectivity index (χ4v) is 25.6. The maximum atomic E-state index is 12.0. The number of benzene rings is 8. The van der Waals surface area contributed by atoms with Gasteiger partial charge in [-0.1, -0.05) is 247 Å². The van der Waals surface area contributed by atoms with Gasteiger partial charge in [-0.2, -0.15) is 0 Å². The molecule has 0 amide bonds. The molecule has 15 fully saturated rings. The van der Waals surface area contributed by atoms with E-state index in [1.54, 1.807) is 0 Å². The quantitative estimate of drug-likeness (QED) is 0.0536. The average Bonchev–Trinajstić information content (AvgIpc) is 1.25. The van der Waals surface area contributed by atoms with E-state index in [-0.39, 0.29) is 16.1 Å².